The Labute approximate surface area is 116 Å². The Bertz CT molecular complexity index is 423. The molecule has 0 aliphatic heterocycles. The minimum atomic E-state index is 0.387. The van der Waals surface area contributed by atoms with Crippen molar-refractivity contribution >= 4 is 5.78 Å². The molecule has 1 aliphatic carbocycles. The maximum absolute atomic E-state index is 11.4. The van der Waals surface area contributed by atoms with Crippen LogP contribution in [-0.2, 0) is 28.8 Å². The summed E-state index contributed by atoms with van der Waals surface area (Å²) in [5.74, 6) is 0.387. The third kappa shape index (κ3) is 4.46. The van der Waals surface area contributed by atoms with Crippen LogP contribution in [0.25, 0.3) is 0 Å². The lowest BCUT2D eigenvalue weighted by Gasteiger charge is -2.16. The molecule has 0 bridgehead atoms. The fraction of sp³-hybridized carbons (Fsp3) is 0.588. The van der Waals surface area contributed by atoms with E-state index in [0.717, 1.165) is 25.9 Å². The molecule has 0 unspecified atom stereocenters. The van der Waals surface area contributed by atoms with Gasteiger partial charge in [0.2, 0.25) is 0 Å². The first kappa shape index (κ1) is 14.3. The van der Waals surface area contributed by atoms with Gasteiger partial charge in [-0.1, -0.05) is 31.0 Å². The lowest BCUT2D eigenvalue weighted by atomic mass is 9.89. The molecule has 19 heavy (non-hydrogen) atoms. The highest BCUT2D eigenvalue weighted by Gasteiger charge is 2.15. The summed E-state index contributed by atoms with van der Waals surface area (Å²) in [6.45, 7) is 0.882. The molecule has 2 rings (SSSR count). The van der Waals surface area contributed by atoms with Crippen LogP contribution in [0.5, 0.6) is 0 Å². The number of rotatable bonds is 7. The van der Waals surface area contributed by atoms with Crippen LogP contribution >= 0.6 is 0 Å². The van der Waals surface area contributed by atoms with E-state index in [1.165, 1.54) is 42.4 Å². The molecule has 2 heteroatoms. The zero-order chi connectivity index (χ0) is 13.5. The molecule has 0 fully saturated rings. The number of fused-ring (bicyclic) bond motifs is 1. The van der Waals surface area contributed by atoms with Gasteiger partial charge < -0.3 is 4.74 Å². The van der Waals surface area contributed by atoms with E-state index in [9.17, 15) is 4.79 Å². The number of benzene rings is 1. The molecule has 0 N–H and O–H groups in total. The zero-order valence-electron chi connectivity index (χ0n) is 11.9. The molecule has 1 aromatic carbocycles. The summed E-state index contributed by atoms with van der Waals surface area (Å²) in [6.07, 6.45) is 8.43. The maximum atomic E-state index is 11.4. The van der Waals surface area contributed by atoms with E-state index in [1.807, 2.05) is 0 Å². The fourth-order valence-electron chi connectivity index (χ4n) is 2.74. The van der Waals surface area contributed by atoms with Gasteiger partial charge in [-0.3, -0.25) is 4.79 Å². The normalized spacial score (nSPS) is 14.5. The molecular weight excluding hydrogens is 236 g/mol. The quantitative estimate of drug-likeness (QED) is 0.701. The number of carbonyl (C=O) groups is 1. The minimum absolute atomic E-state index is 0.387. The first-order valence-electron chi connectivity index (χ1n) is 7.41. The number of aryl methyl sites for hydroxylation is 2. The van der Waals surface area contributed by atoms with E-state index < -0.39 is 0 Å². The molecule has 104 valence electrons. The number of hydrogen-bond donors (Lipinski definition) is 0. The number of hydrogen-bond acceptors (Lipinski definition) is 2. The molecule has 2 nitrogen and oxygen atoms in total. The predicted molar refractivity (Wildman–Crippen MR) is 77.5 cm³/mol. The predicted octanol–water partition coefficient (Wildman–Crippen LogP) is 3.49. The van der Waals surface area contributed by atoms with E-state index in [4.69, 9.17) is 4.74 Å². The van der Waals surface area contributed by atoms with Gasteiger partial charge in [0.15, 0.2) is 0 Å². The van der Waals surface area contributed by atoms with Crippen LogP contribution in [0.2, 0.25) is 0 Å². The van der Waals surface area contributed by atoms with Crippen molar-refractivity contribution in [2.45, 2.75) is 51.4 Å². The Morgan fingerprint density at radius 3 is 2.74 bits per heavy atom. The van der Waals surface area contributed by atoms with Gasteiger partial charge in [-0.25, -0.2) is 0 Å². The van der Waals surface area contributed by atoms with Gasteiger partial charge in [-0.15, -0.1) is 0 Å². The summed E-state index contributed by atoms with van der Waals surface area (Å²) in [5, 5.41) is 0. The molecule has 1 aliphatic rings. The fourth-order valence-corrected chi connectivity index (χ4v) is 2.74. The molecule has 0 saturated carbocycles. The van der Waals surface area contributed by atoms with Crippen molar-refractivity contribution in [2.75, 3.05) is 13.7 Å². The topological polar surface area (TPSA) is 26.3 Å². The number of ether oxygens (including phenoxy) is 1. The van der Waals surface area contributed by atoms with Crippen molar-refractivity contribution in [3.63, 3.8) is 0 Å². The number of unbranched alkanes of at least 4 members (excludes halogenated alkanes) is 3. The summed E-state index contributed by atoms with van der Waals surface area (Å²) < 4.78 is 5.05. The molecule has 0 spiro atoms. The van der Waals surface area contributed by atoms with Crippen LogP contribution in [0.4, 0.5) is 0 Å². The summed E-state index contributed by atoms with van der Waals surface area (Å²) in [5.41, 5.74) is 4.08. The van der Waals surface area contributed by atoms with E-state index in [1.54, 1.807) is 7.11 Å². The Morgan fingerprint density at radius 1 is 1.05 bits per heavy atom. The first-order valence-corrected chi connectivity index (χ1v) is 7.41. The van der Waals surface area contributed by atoms with Crippen molar-refractivity contribution in [2.24, 2.45) is 0 Å². The third-order valence-corrected chi connectivity index (χ3v) is 3.90. The Kier molecular flexibility index (Phi) is 5.59. The van der Waals surface area contributed by atoms with E-state index >= 15 is 0 Å². The van der Waals surface area contributed by atoms with E-state index in [0.29, 0.717) is 12.2 Å². The van der Waals surface area contributed by atoms with Crippen molar-refractivity contribution < 1.29 is 9.53 Å². The van der Waals surface area contributed by atoms with E-state index in [-0.39, 0.29) is 0 Å². The Hall–Kier alpha value is -1.15. The molecule has 0 amide bonds. The van der Waals surface area contributed by atoms with Crippen molar-refractivity contribution in [3.8, 4) is 0 Å². The summed E-state index contributed by atoms with van der Waals surface area (Å²) in [4.78, 5) is 11.4. The van der Waals surface area contributed by atoms with Crippen molar-refractivity contribution in [1.82, 2.24) is 0 Å². The minimum Gasteiger partial charge on any atom is -0.385 e. The van der Waals surface area contributed by atoms with Gasteiger partial charge in [-0.05, 0) is 42.4 Å². The Balaban J connectivity index is 1.77. The average molecular weight is 260 g/mol. The lowest BCUT2D eigenvalue weighted by Crippen LogP contribution is -2.13. The number of carbonyl (C=O) groups excluding carboxylic acids is 1. The van der Waals surface area contributed by atoms with Crippen LogP contribution in [0.15, 0.2) is 18.2 Å². The first-order chi connectivity index (χ1) is 9.29. The highest BCUT2D eigenvalue weighted by atomic mass is 16.5. The molecule has 1 aromatic rings. The SMILES string of the molecule is COCCCCCCc1ccc2c(c1)CCC(=O)C2. The average Bonchev–Trinajstić information content (AvgIpc) is 2.43. The maximum Gasteiger partial charge on any atom is 0.137 e. The highest BCUT2D eigenvalue weighted by molar-refractivity contribution is 5.83. The summed E-state index contributed by atoms with van der Waals surface area (Å²) >= 11 is 0. The van der Waals surface area contributed by atoms with Crippen molar-refractivity contribution in [3.05, 3.63) is 34.9 Å². The lowest BCUT2D eigenvalue weighted by molar-refractivity contribution is -0.118. The van der Waals surface area contributed by atoms with Crippen LogP contribution in [0.3, 0.4) is 0 Å². The zero-order valence-corrected chi connectivity index (χ0v) is 11.9. The molecule has 0 atom stereocenters. The van der Waals surface area contributed by atoms with Gasteiger partial charge in [-0.2, -0.15) is 0 Å². The van der Waals surface area contributed by atoms with Crippen LogP contribution in [-0.4, -0.2) is 19.5 Å². The monoisotopic (exact) mass is 260 g/mol. The smallest absolute Gasteiger partial charge is 0.137 e. The second-order valence-electron chi connectivity index (χ2n) is 5.48. The van der Waals surface area contributed by atoms with Gasteiger partial charge >= 0.3 is 0 Å². The number of methoxy groups -OCH3 is 1. The Morgan fingerprint density at radius 2 is 1.89 bits per heavy atom. The molecule has 0 saturated heterocycles. The molecular formula is C17H24O2. The van der Waals surface area contributed by atoms with Gasteiger partial charge in [0.1, 0.15) is 5.78 Å². The second-order valence-corrected chi connectivity index (χ2v) is 5.48. The van der Waals surface area contributed by atoms with Crippen LogP contribution in [0, 0.1) is 0 Å². The standard InChI is InChI=1S/C17H24O2/c1-19-11-5-3-2-4-6-14-7-8-16-13-17(18)10-9-15(16)12-14/h7-8,12H,2-6,9-11,13H2,1H3. The molecule has 0 heterocycles. The highest BCUT2D eigenvalue weighted by Crippen LogP contribution is 2.21. The van der Waals surface area contributed by atoms with Crippen LogP contribution < -0.4 is 0 Å². The summed E-state index contributed by atoms with van der Waals surface area (Å²) in [6, 6.07) is 6.68. The van der Waals surface area contributed by atoms with Crippen LogP contribution in [0.1, 0.15) is 48.8 Å². The van der Waals surface area contributed by atoms with Gasteiger partial charge in [0.25, 0.3) is 0 Å². The van der Waals surface area contributed by atoms with Gasteiger partial charge in [0.05, 0.1) is 0 Å². The number of ketones is 1. The molecule has 0 radical (unpaired) electrons. The largest absolute Gasteiger partial charge is 0.385 e. The van der Waals surface area contributed by atoms with Crippen molar-refractivity contribution in [1.29, 1.82) is 0 Å². The number of Topliss-reactive ketones (excluding diaryl/α,β-unsaturated/α-hetero) is 1. The molecule has 0 aromatic heterocycles. The third-order valence-electron chi connectivity index (χ3n) is 3.90. The second kappa shape index (κ2) is 7.44. The van der Waals surface area contributed by atoms with Gasteiger partial charge in [0, 0.05) is 26.6 Å². The van der Waals surface area contributed by atoms with E-state index in [2.05, 4.69) is 18.2 Å². The summed E-state index contributed by atoms with van der Waals surface area (Å²) in [7, 11) is 1.76.